The normalized spacial score (nSPS) is 12.0. The molecule has 0 radical (unpaired) electrons. The van der Waals surface area contributed by atoms with Crippen LogP contribution in [0.5, 0.6) is 0 Å². The average molecular weight is 376 g/mol. The topological polar surface area (TPSA) is 92.3 Å². The van der Waals surface area contributed by atoms with Crippen LogP contribution in [0.15, 0.2) is 71.6 Å². The molecule has 2 N–H and O–H groups in total. The Morgan fingerprint density at radius 3 is 1.88 bits per heavy atom. The zero-order valence-corrected chi connectivity index (χ0v) is 14.9. The molecule has 0 aromatic heterocycles. The van der Waals surface area contributed by atoms with Gasteiger partial charge in [0, 0.05) is 0 Å². The van der Waals surface area contributed by atoms with Crippen molar-refractivity contribution < 1.29 is 16.8 Å². The summed E-state index contributed by atoms with van der Waals surface area (Å²) in [5.74, 6) is 0. The maximum atomic E-state index is 12.7. The Morgan fingerprint density at radius 2 is 1.24 bits per heavy atom. The van der Waals surface area contributed by atoms with E-state index in [1.54, 1.807) is 24.3 Å². The van der Waals surface area contributed by atoms with Crippen molar-refractivity contribution in [3.05, 3.63) is 66.7 Å². The number of hydrogen-bond acceptors (Lipinski definition) is 4. The minimum Gasteiger partial charge on any atom is -0.282 e. The van der Waals surface area contributed by atoms with Gasteiger partial charge in [-0.25, -0.2) is 16.8 Å². The van der Waals surface area contributed by atoms with Crippen molar-refractivity contribution in [3.8, 4) is 0 Å². The highest BCUT2D eigenvalue weighted by atomic mass is 32.2. The molecule has 25 heavy (non-hydrogen) atoms. The van der Waals surface area contributed by atoms with E-state index < -0.39 is 20.0 Å². The number of rotatable bonds is 5. The molecule has 3 aromatic carbocycles. The lowest BCUT2D eigenvalue weighted by Crippen LogP contribution is -2.16. The minimum absolute atomic E-state index is 0.0976. The van der Waals surface area contributed by atoms with Gasteiger partial charge in [-0.1, -0.05) is 42.5 Å². The zero-order chi connectivity index (χ0) is 18.1. The van der Waals surface area contributed by atoms with Crippen molar-refractivity contribution in [2.24, 2.45) is 0 Å². The van der Waals surface area contributed by atoms with Crippen molar-refractivity contribution >= 4 is 42.2 Å². The second-order valence-corrected chi connectivity index (χ2v) is 8.97. The third-order valence-corrected chi connectivity index (χ3v) is 5.45. The van der Waals surface area contributed by atoms with Gasteiger partial charge in [0.1, 0.15) is 0 Å². The minimum atomic E-state index is -3.87. The lowest BCUT2D eigenvalue weighted by Gasteiger charge is -2.13. The maximum Gasteiger partial charge on any atom is 0.261 e. The molecule has 3 aromatic rings. The van der Waals surface area contributed by atoms with Crippen LogP contribution < -0.4 is 9.44 Å². The molecular weight excluding hydrogens is 360 g/mol. The standard InChI is InChI=1S/C17H16N2O4S2/c1-24(20,21)18-16-8-4-5-9-17(16)19-25(22,23)15-11-10-13-6-2-3-7-14(13)12-15/h2-12,18-19H,1H3. The van der Waals surface area contributed by atoms with E-state index in [1.807, 2.05) is 24.3 Å². The largest absolute Gasteiger partial charge is 0.282 e. The quantitative estimate of drug-likeness (QED) is 0.716. The summed E-state index contributed by atoms with van der Waals surface area (Å²) in [6, 6.07) is 18.4. The van der Waals surface area contributed by atoms with E-state index in [1.165, 1.54) is 18.2 Å². The molecule has 0 aliphatic carbocycles. The molecule has 8 heteroatoms. The van der Waals surface area contributed by atoms with Gasteiger partial charge in [-0.2, -0.15) is 0 Å². The van der Waals surface area contributed by atoms with Crippen molar-refractivity contribution in [2.45, 2.75) is 4.90 Å². The second-order valence-electron chi connectivity index (χ2n) is 5.53. The lowest BCUT2D eigenvalue weighted by molar-refractivity contribution is 0.600. The van der Waals surface area contributed by atoms with Crippen molar-refractivity contribution in [2.75, 3.05) is 15.7 Å². The molecule has 0 amide bonds. The first-order chi connectivity index (χ1) is 11.7. The Bertz CT molecular complexity index is 1140. The average Bonchev–Trinajstić information content (AvgIpc) is 2.55. The van der Waals surface area contributed by atoms with Crippen LogP contribution in [0.3, 0.4) is 0 Å². The van der Waals surface area contributed by atoms with E-state index in [-0.39, 0.29) is 16.3 Å². The highest BCUT2D eigenvalue weighted by Crippen LogP contribution is 2.26. The summed E-state index contributed by atoms with van der Waals surface area (Å²) < 4.78 is 53.0. The third kappa shape index (κ3) is 4.09. The number of sulfonamides is 2. The molecule has 0 atom stereocenters. The summed E-state index contributed by atoms with van der Waals surface area (Å²) in [4.78, 5) is 0.0976. The fourth-order valence-electron chi connectivity index (χ4n) is 2.40. The van der Waals surface area contributed by atoms with Crippen LogP contribution in [-0.2, 0) is 20.0 Å². The first-order valence-corrected chi connectivity index (χ1v) is 10.7. The number of hydrogen-bond donors (Lipinski definition) is 2. The van der Waals surface area contributed by atoms with Crippen LogP contribution in [-0.4, -0.2) is 23.1 Å². The molecule has 0 bridgehead atoms. The first kappa shape index (κ1) is 17.2. The number of nitrogens with one attached hydrogen (secondary N) is 2. The summed E-state index contributed by atoms with van der Waals surface area (Å²) in [6.45, 7) is 0. The molecule has 0 saturated heterocycles. The van der Waals surface area contributed by atoms with E-state index in [9.17, 15) is 16.8 Å². The Kier molecular flexibility index (Phi) is 4.40. The van der Waals surface area contributed by atoms with Crippen LogP contribution in [0.2, 0.25) is 0 Å². The molecule has 3 rings (SSSR count). The Morgan fingerprint density at radius 1 is 0.680 bits per heavy atom. The summed E-state index contributed by atoms with van der Waals surface area (Å²) in [6.07, 6.45) is 1.00. The summed E-state index contributed by atoms with van der Waals surface area (Å²) in [5, 5.41) is 1.73. The van der Waals surface area contributed by atoms with Gasteiger partial charge in [0.2, 0.25) is 10.0 Å². The van der Waals surface area contributed by atoms with E-state index in [0.29, 0.717) is 0 Å². The number of para-hydroxylation sites is 2. The molecule has 0 fully saturated rings. The van der Waals surface area contributed by atoms with Crippen LogP contribution in [0, 0.1) is 0 Å². The number of anilines is 2. The first-order valence-electron chi connectivity index (χ1n) is 7.33. The van der Waals surface area contributed by atoms with E-state index in [0.717, 1.165) is 17.0 Å². The molecule has 6 nitrogen and oxygen atoms in total. The van der Waals surface area contributed by atoms with Gasteiger partial charge in [0.05, 0.1) is 22.5 Å². The molecular formula is C17H16N2O4S2. The Labute approximate surface area is 146 Å². The number of benzene rings is 3. The fraction of sp³-hybridized carbons (Fsp3) is 0.0588. The smallest absolute Gasteiger partial charge is 0.261 e. The fourth-order valence-corrected chi connectivity index (χ4v) is 4.09. The van der Waals surface area contributed by atoms with Gasteiger partial charge in [0.15, 0.2) is 0 Å². The van der Waals surface area contributed by atoms with E-state index in [4.69, 9.17) is 0 Å². The van der Waals surface area contributed by atoms with Crippen molar-refractivity contribution in [1.82, 2.24) is 0 Å². The second kappa shape index (κ2) is 6.38. The van der Waals surface area contributed by atoms with Crippen LogP contribution >= 0.6 is 0 Å². The monoisotopic (exact) mass is 376 g/mol. The van der Waals surface area contributed by atoms with Crippen molar-refractivity contribution in [1.29, 1.82) is 0 Å². The highest BCUT2D eigenvalue weighted by Gasteiger charge is 2.17. The highest BCUT2D eigenvalue weighted by molar-refractivity contribution is 7.93. The van der Waals surface area contributed by atoms with Crippen molar-refractivity contribution in [3.63, 3.8) is 0 Å². The SMILES string of the molecule is CS(=O)(=O)Nc1ccccc1NS(=O)(=O)c1ccc2ccccc2c1. The van der Waals surface area contributed by atoms with Crippen LogP contribution in [0.25, 0.3) is 10.8 Å². The van der Waals surface area contributed by atoms with Gasteiger partial charge in [0.25, 0.3) is 10.0 Å². The molecule has 0 saturated carbocycles. The van der Waals surface area contributed by atoms with Gasteiger partial charge in [-0.3, -0.25) is 9.44 Å². The molecule has 0 unspecified atom stereocenters. The molecule has 0 heterocycles. The maximum absolute atomic E-state index is 12.7. The van der Waals surface area contributed by atoms with Gasteiger partial charge in [-0.05, 0) is 35.0 Å². The molecule has 0 spiro atoms. The summed E-state index contributed by atoms with van der Waals surface area (Å²) in [7, 11) is -7.40. The predicted octanol–water partition coefficient (Wildman–Crippen LogP) is 3.01. The molecule has 0 aliphatic rings. The zero-order valence-electron chi connectivity index (χ0n) is 13.3. The molecule has 130 valence electrons. The molecule has 0 aliphatic heterocycles. The van der Waals surface area contributed by atoms with Crippen LogP contribution in [0.4, 0.5) is 11.4 Å². The predicted molar refractivity (Wildman–Crippen MR) is 99.7 cm³/mol. The van der Waals surface area contributed by atoms with Gasteiger partial charge >= 0.3 is 0 Å². The summed E-state index contributed by atoms with van der Waals surface area (Å²) in [5.41, 5.74) is 0.315. The Hall–Kier alpha value is -2.58. The van der Waals surface area contributed by atoms with Gasteiger partial charge < -0.3 is 0 Å². The van der Waals surface area contributed by atoms with Gasteiger partial charge in [-0.15, -0.1) is 0 Å². The Balaban J connectivity index is 1.98. The summed E-state index contributed by atoms with van der Waals surface area (Å²) >= 11 is 0. The number of fused-ring (bicyclic) bond motifs is 1. The van der Waals surface area contributed by atoms with E-state index >= 15 is 0 Å². The third-order valence-electron chi connectivity index (χ3n) is 3.50. The lowest BCUT2D eigenvalue weighted by atomic mass is 10.1. The van der Waals surface area contributed by atoms with E-state index in [2.05, 4.69) is 9.44 Å². The van der Waals surface area contributed by atoms with Crippen LogP contribution in [0.1, 0.15) is 0 Å².